The Kier molecular flexibility index (Phi) is 5.23. The number of aromatic nitrogens is 3. The van der Waals surface area contributed by atoms with Crippen LogP contribution in [0.1, 0.15) is 41.3 Å². The molecule has 1 aliphatic heterocycles. The number of halogens is 1. The van der Waals surface area contributed by atoms with Gasteiger partial charge in [0.15, 0.2) is 10.3 Å². The smallest absolute Gasteiger partial charge is 0.228 e. The minimum atomic E-state index is -0.377. The highest BCUT2D eigenvalue weighted by Crippen LogP contribution is 2.36. The van der Waals surface area contributed by atoms with Gasteiger partial charge in [0.1, 0.15) is 5.82 Å². The third kappa shape index (κ3) is 3.70. The van der Waals surface area contributed by atoms with Crippen LogP contribution in [0.15, 0.2) is 30.5 Å². The molecule has 3 aromatic rings. The number of rotatable bonds is 5. The molecule has 8 heteroatoms. The molecule has 1 saturated heterocycles. The van der Waals surface area contributed by atoms with Crippen LogP contribution in [0.3, 0.4) is 0 Å². The molecule has 0 unspecified atom stereocenters. The number of benzene rings is 1. The lowest BCUT2D eigenvalue weighted by molar-refractivity contribution is 0.280. The van der Waals surface area contributed by atoms with Gasteiger partial charge in [0.25, 0.3) is 0 Å². The molecule has 2 aromatic heterocycles. The summed E-state index contributed by atoms with van der Waals surface area (Å²) >= 11 is 0.900. The topological polar surface area (TPSA) is 74.2 Å². The van der Waals surface area contributed by atoms with Gasteiger partial charge < -0.3 is 15.3 Å². The van der Waals surface area contributed by atoms with Gasteiger partial charge in [-0.1, -0.05) is 41.2 Å². The average molecular weight is 399 g/mol. The molecule has 0 spiro atoms. The lowest BCUT2D eigenvalue weighted by Gasteiger charge is -2.26. The number of hydrogen-bond donors (Lipinski definition) is 2. The van der Waals surface area contributed by atoms with Crippen LogP contribution in [0, 0.1) is 19.0 Å². The number of hydrogen-bond acceptors (Lipinski definition) is 7. The Labute approximate surface area is 167 Å². The van der Waals surface area contributed by atoms with E-state index < -0.39 is 0 Å². The van der Waals surface area contributed by atoms with E-state index in [2.05, 4.69) is 56.4 Å². The van der Waals surface area contributed by atoms with E-state index >= 15 is 0 Å². The number of thiazole rings is 1. The number of aryl methyl sites for hydroxylation is 2. The maximum absolute atomic E-state index is 13.3. The monoisotopic (exact) mass is 399 g/mol. The zero-order chi connectivity index (χ0) is 19.7. The van der Waals surface area contributed by atoms with Gasteiger partial charge in [-0.05, 0) is 32.3 Å². The molecule has 2 N–H and O–H groups in total. The van der Waals surface area contributed by atoms with Crippen LogP contribution in [0.25, 0.3) is 0 Å². The largest absolute Gasteiger partial charge is 0.391 e. The van der Waals surface area contributed by atoms with Crippen molar-refractivity contribution in [3.63, 3.8) is 0 Å². The first kappa shape index (κ1) is 18.8. The normalized spacial score (nSPS) is 16.6. The van der Waals surface area contributed by atoms with Crippen molar-refractivity contribution < 1.29 is 9.50 Å². The summed E-state index contributed by atoms with van der Waals surface area (Å²) in [5, 5.41) is 12.8. The minimum Gasteiger partial charge on any atom is -0.391 e. The molecule has 28 heavy (non-hydrogen) atoms. The molecule has 0 saturated carbocycles. The summed E-state index contributed by atoms with van der Waals surface area (Å²) in [6.45, 7) is 4.59. The van der Waals surface area contributed by atoms with Crippen molar-refractivity contribution >= 4 is 28.2 Å². The van der Waals surface area contributed by atoms with Gasteiger partial charge in [0.05, 0.1) is 24.5 Å². The Bertz CT molecular complexity index is 975. The van der Waals surface area contributed by atoms with Gasteiger partial charge in [0.2, 0.25) is 5.95 Å². The molecule has 3 heterocycles. The maximum Gasteiger partial charge on any atom is 0.228 e. The Morgan fingerprint density at radius 3 is 2.71 bits per heavy atom. The van der Waals surface area contributed by atoms with Crippen molar-refractivity contribution in [3.05, 3.63) is 58.0 Å². The minimum absolute atomic E-state index is 0.205. The number of nitrogens with one attached hydrogen (secondary N) is 1. The van der Waals surface area contributed by atoms with Crippen LogP contribution >= 0.6 is 11.3 Å². The molecule has 6 nitrogen and oxygen atoms in total. The van der Waals surface area contributed by atoms with Crippen molar-refractivity contribution in [2.24, 2.45) is 0 Å². The molecule has 4 rings (SSSR count). The molecule has 1 aliphatic rings. The van der Waals surface area contributed by atoms with E-state index in [1.54, 1.807) is 0 Å². The highest BCUT2D eigenvalue weighted by atomic mass is 32.1. The summed E-state index contributed by atoms with van der Waals surface area (Å²) in [5.41, 5.74) is 3.76. The predicted octanol–water partition coefficient (Wildman–Crippen LogP) is 4.27. The van der Waals surface area contributed by atoms with Gasteiger partial charge >= 0.3 is 0 Å². The first-order chi connectivity index (χ1) is 13.5. The van der Waals surface area contributed by atoms with Crippen LogP contribution in [0.4, 0.5) is 21.3 Å². The number of anilines is 3. The van der Waals surface area contributed by atoms with Crippen molar-refractivity contribution in [2.75, 3.05) is 16.8 Å². The molecule has 0 radical (unpaired) electrons. The summed E-state index contributed by atoms with van der Waals surface area (Å²) in [5.74, 6) is 1.08. The second-order valence-electron chi connectivity index (χ2n) is 6.95. The summed E-state index contributed by atoms with van der Waals surface area (Å²) in [4.78, 5) is 15.5. The SMILES string of the molecule is Cc1ccc([C@@H]2CCCN2c2nc(C)c(CO)c(Nc3ncc(F)s3)n2)cc1. The second-order valence-corrected chi connectivity index (χ2v) is 7.93. The Hall–Kier alpha value is -2.58. The third-order valence-corrected chi connectivity index (χ3v) is 5.74. The van der Waals surface area contributed by atoms with Crippen molar-refractivity contribution in [1.82, 2.24) is 15.0 Å². The molecule has 1 fully saturated rings. The quantitative estimate of drug-likeness (QED) is 0.668. The standard InChI is InChI=1S/C20H22FN5OS/c1-12-5-7-14(8-6-12)16-4-3-9-26(16)19-23-13(2)15(11-27)18(24-19)25-20-22-10-17(21)28-20/h5-8,10,16,27H,3-4,9,11H2,1-2H3,(H,22,23,24,25)/t16-/m0/s1. The molecule has 0 bridgehead atoms. The first-order valence-electron chi connectivity index (χ1n) is 9.25. The number of aliphatic hydroxyl groups is 1. The summed E-state index contributed by atoms with van der Waals surface area (Å²) < 4.78 is 13.3. The molecular weight excluding hydrogens is 377 g/mol. The summed E-state index contributed by atoms with van der Waals surface area (Å²) in [7, 11) is 0. The van der Waals surface area contributed by atoms with E-state index in [0.29, 0.717) is 28.2 Å². The van der Waals surface area contributed by atoms with E-state index in [0.717, 1.165) is 36.9 Å². The lowest BCUT2D eigenvalue weighted by atomic mass is 10.0. The van der Waals surface area contributed by atoms with Crippen LogP contribution < -0.4 is 10.2 Å². The molecule has 0 aliphatic carbocycles. The van der Waals surface area contributed by atoms with E-state index in [9.17, 15) is 9.50 Å². The highest BCUT2D eigenvalue weighted by Gasteiger charge is 2.29. The van der Waals surface area contributed by atoms with Crippen LogP contribution in [0.2, 0.25) is 0 Å². The van der Waals surface area contributed by atoms with Gasteiger partial charge in [-0.3, -0.25) is 0 Å². The Balaban J connectivity index is 1.69. The Morgan fingerprint density at radius 2 is 2.04 bits per heavy atom. The number of nitrogens with zero attached hydrogens (tertiary/aromatic N) is 4. The zero-order valence-corrected chi connectivity index (χ0v) is 16.6. The molecule has 1 atom stereocenters. The average Bonchev–Trinajstić information content (AvgIpc) is 3.31. The second kappa shape index (κ2) is 7.81. The van der Waals surface area contributed by atoms with Gasteiger partial charge in [0, 0.05) is 12.1 Å². The van der Waals surface area contributed by atoms with E-state index in [1.807, 2.05) is 6.92 Å². The van der Waals surface area contributed by atoms with Crippen LogP contribution in [0.5, 0.6) is 0 Å². The third-order valence-electron chi connectivity index (χ3n) is 5.03. The summed E-state index contributed by atoms with van der Waals surface area (Å²) in [6.07, 6.45) is 3.26. The highest BCUT2D eigenvalue weighted by molar-refractivity contribution is 7.14. The zero-order valence-electron chi connectivity index (χ0n) is 15.8. The first-order valence-corrected chi connectivity index (χ1v) is 10.1. The molecule has 0 amide bonds. The predicted molar refractivity (Wildman–Crippen MR) is 109 cm³/mol. The van der Waals surface area contributed by atoms with Crippen molar-refractivity contribution in [1.29, 1.82) is 0 Å². The van der Waals surface area contributed by atoms with Gasteiger partial charge in [-0.2, -0.15) is 9.37 Å². The van der Waals surface area contributed by atoms with Crippen molar-refractivity contribution in [2.45, 2.75) is 39.3 Å². The Morgan fingerprint density at radius 1 is 1.25 bits per heavy atom. The van der Waals surface area contributed by atoms with E-state index in [-0.39, 0.29) is 17.8 Å². The molecular formula is C20H22FN5OS. The van der Waals surface area contributed by atoms with Crippen molar-refractivity contribution in [3.8, 4) is 0 Å². The fourth-order valence-corrected chi connectivity index (χ4v) is 4.10. The lowest BCUT2D eigenvalue weighted by Crippen LogP contribution is -2.25. The van der Waals surface area contributed by atoms with E-state index in [1.165, 1.54) is 11.1 Å². The number of aliphatic hydroxyl groups excluding tert-OH is 1. The fraction of sp³-hybridized carbons (Fsp3) is 0.350. The summed E-state index contributed by atoms with van der Waals surface area (Å²) in [6, 6.07) is 8.77. The maximum atomic E-state index is 13.3. The van der Waals surface area contributed by atoms with Crippen LogP contribution in [-0.4, -0.2) is 26.6 Å². The van der Waals surface area contributed by atoms with Gasteiger partial charge in [-0.25, -0.2) is 9.97 Å². The molecule has 146 valence electrons. The fourth-order valence-electron chi connectivity index (χ4n) is 3.56. The van der Waals surface area contributed by atoms with Crippen LogP contribution in [-0.2, 0) is 6.61 Å². The molecule has 1 aromatic carbocycles. The van der Waals surface area contributed by atoms with E-state index in [4.69, 9.17) is 0 Å². The van der Waals surface area contributed by atoms with Gasteiger partial charge in [-0.15, -0.1) is 0 Å².